The summed E-state index contributed by atoms with van der Waals surface area (Å²) in [7, 11) is 3.30. The number of fused-ring (bicyclic) bond motifs is 1. The van der Waals surface area contributed by atoms with E-state index in [1.165, 1.54) is 0 Å². The van der Waals surface area contributed by atoms with Gasteiger partial charge in [0.1, 0.15) is 12.4 Å². The van der Waals surface area contributed by atoms with Gasteiger partial charge in [0.25, 0.3) is 0 Å². The summed E-state index contributed by atoms with van der Waals surface area (Å²) < 4.78 is 17.3. The Morgan fingerprint density at radius 3 is 2.35 bits per heavy atom. The molecule has 2 aliphatic rings. The highest BCUT2D eigenvalue weighted by molar-refractivity contribution is 6.01. The molecule has 2 unspecified atom stereocenters. The van der Waals surface area contributed by atoms with Gasteiger partial charge in [-0.2, -0.15) is 0 Å². The summed E-state index contributed by atoms with van der Waals surface area (Å²) in [4.78, 5) is 13.9. The van der Waals surface area contributed by atoms with E-state index in [1.54, 1.807) is 14.2 Å². The highest BCUT2D eigenvalue weighted by atomic mass is 16.5. The normalized spacial score (nSPS) is 18.0. The monoisotopic (exact) mass is 532 g/mol. The fourth-order valence-electron chi connectivity index (χ4n) is 5.59. The number of hydrogen-bond donors (Lipinski definition) is 2. The lowest BCUT2D eigenvalue weighted by Crippen LogP contribution is -2.27. The minimum Gasteiger partial charge on any atom is -0.497 e. The Bertz CT molecular complexity index is 1560. The standard InChI is InChI=1S/C34H32N2O4/c1-38-26-12-8-11-23(17-26)25-18-29-33(30(37)19-25)34(36-28-14-7-6-13-27(28)35-29)24-15-16-31(32(20-24)39-2)40-21-22-9-4-3-5-10-22/h3-17,20,25,34-36H,18-19,21H2,1-2H3. The van der Waals surface area contributed by atoms with Gasteiger partial charge in [-0.25, -0.2) is 0 Å². The number of nitrogens with one attached hydrogen (secondary N) is 2. The predicted octanol–water partition coefficient (Wildman–Crippen LogP) is 7.26. The van der Waals surface area contributed by atoms with Crippen LogP contribution in [0.4, 0.5) is 11.4 Å². The van der Waals surface area contributed by atoms with Crippen LogP contribution in [0.15, 0.2) is 108 Å². The minimum absolute atomic E-state index is 0.0584. The van der Waals surface area contributed by atoms with Crippen molar-refractivity contribution in [2.45, 2.75) is 31.4 Å². The van der Waals surface area contributed by atoms with Crippen molar-refractivity contribution in [3.05, 3.63) is 125 Å². The summed E-state index contributed by atoms with van der Waals surface area (Å²) >= 11 is 0. The van der Waals surface area contributed by atoms with E-state index in [4.69, 9.17) is 14.2 Å². The number of carbonyl (C=O) groups is 1. The molecule has 0 spiro atoms. The van der Waals surface area contributed by atoms with Gasteiger partial charge in [0.05, 0.1) is 31.6 Å². The Kier molecular flexibility index (Phi) is 7.15. The first kappa shape index (κ1) is 25.6. The Morgan fingerprint density at radius 2 is 1.55 bits per heavy atom. The second kappa shape index (κ2) is 11.2. The number of carbonyl (C=O) groups excluding carboxylic acids is 1. The highest BCUT2D eigenvalue weighted by Crippen LogP contribution is 2.45. The van der Waals surface area contributed by atoms with Crippen LogP contribution in [0.2, 0.25) is 0 Å². The number of Topliss-reactive ketones (excluding diaryl/α,β-unsaturated/α-hetero) is 1. The van der Waals surface area contributed by atoms with Crippen LogP contribution in [0.5, 0.6) is 17.2 Å². The Balaban J connectivity index is 1.36. The molecule has 0 saturated carbocycles. The Morgan fingerprint density at radius 1 is 0.750 bits per heavy atom. The molecule has 1 aliphatic heterocycles. The lowest BCUT2D eigenvalue weighted by atomic mass is 9.78. The zero-order valence-corrected chi connectivity index (χ0v) is 22.6. The largest absolute Gasteiger partial charge is 0.497 e. The number of para-hydroxylation sites is 2. The summed E-state index contributed by atoms with van der Waals surface area (Å²) in [6.07, 6.45) is 1.15. The summed E-state index contributed by atoms with van der Waals surface area (Å²) in [5, 5.41) is 7.26. The molecule has 0 bridgehead atoms. The third-order valence-corrected chi connectivity index (χ3v) is 7.63. The number of methoxy groups -OCH3 is 2. The van der Waals surface area contributed by atoms with Gasteiger partial charge in [-0.3, -0.25) is 4.79 Å². The molecule has 1 aliphatic carbocycles. The van der Waals surface area contributed by atoms with Crippen molar-refractivity contribution in [1.82, 2.24) is 0 Å². The van der Waals surface area contributed by atoms with E-state index in [0.717, 1.165) is 51.5 Å². The average molecular weight is 533 g/mol. The molecular formula is C34H32N2O4. The van der Waals surface area contributed by atoms with Crippen LogP contribution in [0, 0.1) is 0 Å². The molecule has 0 saturated heterocycles. The molecule has 0 fully saturated rings. The van der Waals surface area contributed by atoms with Crippen molar-refractivity contribution in [2.75, 3.05) is 24.9 Å². The second-order valence-corrected chi connectivity index (χ2v) is 10.1. The predicted molar refractivity (Wildman–Crippen MR) is 157 cm³/mol. The molecule has 6 nitrogen and oxygen atoms in total. The fraction of sp³-hybridized carbons (Fsp3) is 0.206. The number of ketones is 1. The summed E-state index contributed by atoms with van der Waals surface area (Å²) in [5.41, 5.74) is 6.70. The Labute approximate surface area is 234 Å². The van der Waals surface area contributed by atoms with Gasteiger partial charge in [-0.1, -0.05) is 60.7 Å². The van der Waals surface area contributed by atoms with Crippen molar-refractivity contribution in [3.8, 4) is 17.2 Å². The van der Waals surface area contributed by atoms with Gasteiger partial charge in [-0.15, -0.1) is 0 Å². The van der Waals surface area contributed by atoms with Gasteiger partial charge in [0.2, 0.25) is 0 Å². The first-order valence-corrected chi connectivity index (χ1v) is 13.5. The van der Waals surface area contributed by atoms with Crippen LogP contribution in [0.3, 0.4) is 0 Å². The highest BCUT2D eigenvalue weighted by Gasteiger charge is 2.36. The minimum atomic E-state index is -0.345. The van der Waals surface area contributed by atoms with Crippen LogP contribution < -0.4 is 24.8 Å². The number of allylic oxidation sites excluding steroid dienone is 1. The van der Waals surface area contributed by atoms with E-state index in [9.17, 15) is 4.79 Å². The van der Waals surface area contributed by atoms with E-state index >= 15 is 0 Å². The van der Waals surface area contributed by atoms with Gasteiger partial charge in [0.15, 0.2) is 17.3 Å². The molecule has 2 N–H and O–H groups in total. The third kappa shape index (κ3) is 5.13. The van der Waals surface area contributed by atoms with Crippen LogP contribution in [-0.2, 0) is 11.4 Å². The first-order valence-electron chi connectivity index (χ1n) is 13.5. The number of rotatable bonds is 7. The maximum Gasteiger partial charge on any atom is 0.163 e. The molecule has 0 amide bonds. The molecule has 0 radical (unpaired) electrons. The van der Waals surface area contributed by atoms with Gasteiger partial charge in [-0.05, 0) is 65.4 Å². The fourth-order valence-corrected chi connectivity index (χ4v) is 5.59. The Hall–Kier alpha value is -4.71. The van der Waals surface area contributed by atoms with Crippen molar-refractivity contribution >= 4 is 17.2 Å². The summed E-state index contributed by atoms with van der Waals surface area (Å²) in [5.74, 6) is 2.26. The number of benzene rings is 4. The van der Waals surface area contributed by atoms with Crippen LogP contribution in [0.1, 0.15) is 41.5 Å². The zero-order chi connectivity index (χ0) is 27.5. The number of anilines is 2. The molecule has 6 rings (SSSR count). The second-order valence-electron chi connectivity index (χ2n) is 10.1. The van der Waals surface area contributed by atoms with E-state index in [1.807, 2.05) is 91.0 Å². The van der Waals surface area contributed by atoms with Crippen molar-refractivity contribution in [3.63, 3.8) is 0 Å². The van der Waals surface area contributed by atoms with Gasteiger partial charge in [0, 0.05) is 17.7 Å². The lowest BCUT2D eigenvalue weighted by Gasteiger charge is -2.30. The van der Waals surface area contributed by atoms with E-state index in [0.29, 0.717) is 24.5 Å². The lowest BCUT2D eigenvalue weighted by molar-refractivity contribution is -0.116. The van der Waals surface area contributed by atoms with Crippen molar-refractivity contribution in [2.24, 2.45) is 0 Å². The number of ether oxygens (including phenoxy) is 3. The maximum atomic E-state index is 13.9. The molecule has 2 atom stereocenters. The van der Waals surface area contributed by atoms with Gasteiger partial charge < -0.3 is 24.8 Å². The molecule has 40 heavy (non-hydrogen) atoms. The summed E-state index contributed by atoms with van der Waals surface area (Å²) in [6.45, 7) is 0.439. The first-order chi connectivity index (χ1) is 19.6. The molecule has 4 aromatic rings. The molecule has 0 aromatic heterocycles. The molecule has 4 aromatic carbocycles. The maximum absolute atomic E-state index is 13.9. The van der Waals surface area contributed by atoms with Crippen LogP contribution >= 0.6 is 0 Å². The van der Waals surface area contributed by atoms with Crippen LogP contribution in [-0.4, -0.2) is 20.0 Å². The topological polar surface area (TPSA) is 68.8 Å². The summed E-state index contributed by atoms with van der Waals surface area (Å²) in [6, 6.07) is 31.7. The van der Waals surface area contributed by atoms with Crippen molar-refractivity contribution < 1.29 is 19.0 Å². The molecule has 6 heteroatoms. The number of hydrogen-bond acceptors (Lipinski definition) is 6. The van der Waals surface area contributed by atoms with Gasteiger partial charge >= 0.3 is 0 Å². The van der Waals surface area contributed by atoms with E-state index < -0.39 is 0 Å². The SMILES string of the molecule is COc1cccc(C2CC(=O)C3=C(C2)Nc2ccccc2NC3c2ccc(OCc3ccccc3)c(OC)c2)c1. The smallest absolute Gasteiger partial charge is 0.163 e. The molecular weight excluding hydrogens is 500 g/mol. The quantitative estimate of drug-likeness (QED) is 0.261. The third-order valence-electron chi connectivity index (χ3n) is 7.63. The van der Waals surface area contributed by atoms with Crippen LogP contribution in [0.25, 0.3) is 0 Å². The average Bonchev–Trinajstić information content (AvgIpc) is 3.17. The van der Waals surface area contributed by atoms with E-state index in [2.05, 4.69) is 16.7 Å². The molecule has 1 heterocycles. The zero-order valence-electron chi connectivity index (χ0n) is 22.6. The van der Waals surface area contributed by atoms with E-state index in [-0.39, 0.29) is 17.7 Å². The molecule has 202 valence electrons. The van der Waals surface area contributed by atoms with Crippen molar-refractivity contribution in [1.29, 1.82) is 0 Å².